The van der Waals surface area contributed by atoms with Crippen LogP contribution in [0.3, 0.4) is 0 Å². The van der Waals surface area contributed by atoms with Gasteiger partial charge in [0.1, 0.15) is 0 Å². The maximum absolute atomic E-state index is 9.47. The summed E-state index contributed by atoms with van der Waals surface area (Å²) in [7, 11) is 2.12. The topological polar surface area (TPSA) is 35.5 Å². The molecule has 3 heteroatoms. The fourth-order valence-corrected chi connectivity index (χ4v) is 2.05. The zero-order valence-corrected chi connectivity index (χ0v) is 11.9. The molecule has 0 heterocycles. The van der Waals surface area contributed by atoms with E-state index in [0.717, 1.165) is 26.1 Å². The van der Waals surface area contributed by atoms with Crippen molar-refractivity contribution in [3.8, 4) is 0 Å². The van der Waals surface area contributed by atoms with Crippen LogP contribution in [-0.4, -0.2) is 48.8 Å². The van der Waals surface area contributed by atoms with Crippen molar-refractivity contribution in [1.29, 1.82) is 0 Å². The third kappa shape index (κ3) is 7.20. The Balaban J connectivity index is 4.19. The molecule has 0 saturated heterocycles. The third-order valence-corrected chi connectivity index (χ3v) is 2.51. The predicted molar refractivity (Wildman–Crippen MR) is 70.7 cm³/mol. The van der Waals surface area contributed by atoms with Crippen LogP contribution in [0.1, 0.15) is 41.0 Å². The fraction of sp³-hybridized carbons (Fsp3) is 1.00. The molecule has 0 amide bonds. The summed E-state index contributed by atoms with van der Waals surface area (Å²) in [6, 6.07) is 0. The van der Waals surface area contributed by atoms with Gasteiger partial charge in [-0.3, -0.25) is 0 Å². The highest BCUT2D eigenvalue weighted by molar-refractivity contribution is 4.86. The van der Waals surface area contributed by atoms with Crippen molar-refractivity contribution in [2.45, 2.75) is 46.6 Å². The average molecular weight is 230 g/mol. The molecule has 0 radical (unpaired) electrons. The maximum atomic E-state index is 9.47. The van der Waals surface area contributed by atoms with Crippen molar-refractivity contribution < 1.29 is 5.11 Å². The van der Waals surface area contributed by atoms with Crippen LogP contribution in [0.15, 0.2) is 0 Å². The maximum Gasteiger partial charge on any atom is 0.0623 e. The quantitative estimate of drug-likeness (QED) is 0.699. The summed E-state index contributed by atoms with van der Waals surface area (Å²) in [6.07, 6.45) is 1.10. The normalized spacial score (nSPS) is 16.5. The molecule has 1 unspecified atom stereocenters. The Morgan fingerprint density at radius 1 is 1.12 bits per heavy atom. The Labute approximate surface area is 101 Å². The van der Waals surface area contributed by atoms with E-state index in [1.807, 2.05) is 0 Å². The highest BCUT2D eigenvalue weighted by atomic mass is 16.3. The molecule has 0 aliphatic rings. The minimum Gasteiger partial charge on any atom is -0.394 e. The van der Waals surface area contributed by atoms with E-state index < -0.39 is 0 Å². The van der Waals surface area contributed by atoms with Crippen molar-refractivity contribution in [2.75, 3.05) is 33.3 Å². The first kappa shape index (κ1) is 15.9. The van der Waals surface area contributed by atoms with Crippen molar-refractivity contribution in [1.82, 2.24) is 10.2 Å². The van der Waals surface area contributed by atoms with Crippen LogP contribution in [0.5, 0.6) is 0 Å². The Morgan fingerprint density at radius 2 is 1.69 bits per heavy atom. The number of rotatable bonds is 7. The predicted octanol–water partition coefficient (Wildman–Crippen LogP) is 1.71. The highest BCUT2D eigenvalue weighted by Crippen LogP contribution is 2.16. The first-order valence-corrected chi connectivity index (χ1v) is 6.27. The van der Waals surface area contributed by atoms with E-state index in [0.29, 0.717) is 5.41 Å². The van der Waals surface area contributed by atoms with Crippen molar-refractivity contribution >= 4 is 0 Å². The van der Waals surface area contributed by atoms with Gasteiger partial charge in [-0.2, -0.15) is 0 Å². The van der Waals surface area contributed by atoms with Crippen molar-refractivity contribution in [3.05, 3.63) is 0 Å². The van der Waals surface area contributed by atoms with Crippen molar-refractivity contribution in [3.63, 3.8) is 0 Å². The van der Waals surface area contributed by atoms with E-state index in [1.54, 1.807) is 0 Å². The van der Waals surface area contributed by atoms with E-state index in [1.165, 1.54) is 0 Å². The van der Waals surface area contributed by atoms with Crippen LogP contribution in [0, 0.1) is 5.41 Å². The lowest BCUT2D eigenvalue weighted by Gasteiger charge is -2.36. The van der Waals surface area contributed by atoms with Gasteiger partial charge in [0.2, 0.25) is 0 Å². The molecule has 0 fully saturated rings. The summed E-state index contributed by atoms with van der Waals surface area (Å²) in [6.45, 7) is 14.0. The summed E-state index contributed by atoms with van der Waals surface area (Å²) < 4.78 is 0. The number of aliphatic hydroxyl groups is 1. The van der Waals surface area contributed by atoms with Crippen LogP contribution < -0.4 is 5.32 Å². The Kier molecular flexibility index (Phi) is 6.53. The highest BCUT2D eigenvalue weighted by Gasteiger charge is 2.25. The number of nitrogens with one attached hydrogen (secondary N) is 1. The first-order valence-electron chi connectivity index (χ1n) is 6.27. The molecule has 0 rings (SSSR count). The largest absolute Gasteiger partial charge is 0.394 e. The molecule has 0 bridgehead atoms. The summed E-state index contributed by atoms with van der Waals surface area (Å²) in [5.41, 5.74) is 0.117. The lowest BCUT2D eigenvalue weighted by atomic mass is 9.95. The van der Waals surface area contributed by atoms with Gasteiger partial charge in [0.15, 0.2) is 0 Å². The number of likely N-dealkylation sites (N-methyl/N-ethyl adjacent to an activating group) is 1. The molecular weight excluding hydrogens is 200 g/mol. The Morgan fingerprint density at radius 3 is 2.06 bits per heavy atom. The average Bonchev–Trinajstić information content (AvgIpc) is 2.11. The van der Waals surface area contributed by atoms with Crippen molar-refractivity contribution in [2.24, 2.45) is 5.41 Å². The summed E-state index contributed by atoms with van der Waals surface area (Å²) in [5, 5.41) is 12.9. The molecule has 0 aliphatic carbocycles. The molecule has 0 aromatic carbocycles. The monoisotopic (exact) mass is 230 g/mol. The van der Waals surface area contributed by atoms with E-state index in [4.69, 9.17) is 0 Å². The lowest BCUT2D eigenvalue weighted by Crippen LogP contribution is -2.54. The van der Waals surface area contributed by atoms with E-state index in [2.05, 4.69) is 51.9 Å². The van der Waals surface area contributed by atoms with Gasteiger partial charge in [-0.25, -0.2) is 0 Å². The molecule has 0 saturated carbocycles. The Hall–Kier alpha value is -0.120. The molecule has 0 aliphatic heterocycles. The van der Waals surface area contributed by atoms with Gasteiger partial charge in [0.25, 0.3) is 0 Å². The van der Waals surface area contributed by atoms with E-state index in [9.17, 15) is 5.11 Å². The second-order valence-corrected chi connectivity index (χ2v) is 6.38. The van der Waals surface area contributed by atoms with E-state index in [-0.39, 0.29) is 12.1 Å². The van der Waals surface area contributed by atoms with Crippen LogP contribution in [-0.2, 0) is 0 Å². The molecule has 2 N–H and O–H groups in total. The molecule has 0 spiro atoms. The summed E-state index contributed by atoms with van der Waals surface area (Å²) >= 11 is 0. The van der Waals surface area contributed by atoms with Gasteiger partial charge in [-0.15, -0.1) is 0 Å². The SMILES string of the molecule is CCCNC(C)(CO)CN(C)CC(C)(C)C. The smallest absolute Gasteiger partial charge is 0.0623 e. The molecule has 0 aromatic rings. The zero-order valence-electron chi connectivity index (χ0n) is 11.9. The third-order valence-electron chi connectivity index (χ3n) is 2.51. The van der Waals surface area contributed by atoms with Crippen LogP contribution in [0.4, 0.5) is 0 Å². The van der Waals surface area contributed by atoms with Gasteiger partial charge >= 0.3 is 0 Å². The molecular formula is C13H30N2O. The fourth-order valence-electron chi connectivity index (χ4n) is 2.05. The van der Waals surface area contributed by atoms with Crippen LogP contribution in [0.2, 0.25) is 0 Å². The van der Waals surface area contributed by atoms with Crippen LogP contribution in [0.25, 0.3) is 0 Å². The van der Waals surface area contributed by atoms with Gasteiger partial charge in [0, 0.05) is 13.1 Å². The molecule has 16 heavy (non-hydrogen) atoms. The van der Waals surface area contributed by atoms with Gasteiger partial charge in [-0.1, -0.05) is 27.7 Å². The summed E-state index contributed by atoms with van der Waals surface area (Å²) in [5.74, 6) is 0. The molecule has 1 atom stereocenters. The number of aliphatic hydroxyl groups excluding tert-OH is 1. The molecule has 0 aromatic heterocycles. The Bertz CT molecular complexity index is 189. The van der Waals surface area contributed by atoms with Gasteiger partial charge in [-0.05, 0) is 32.4 Å². The molecule has 98 valence electrons. The van der Waals surface area contributed by atoms with Crippen LogP contribution >= 0.6 is 0 Å². The second-order valence-electron chi connectivity index (χ2n) is 6.38. The standard InChI is InChI=1S/C13H30N2O/c1-7-8-14-13(5,11-16)10-15(6)9-12(2,3)4/h14,16H,7-11H2,1-6H3. The minimum atomic E-state index is -0.185. The lowest BCUT2D eigenvalue weighted by molar-refractivity contribution is 0.115. The zero-order chi connectivity index (χ0) is 12.8. The van der Waals surface area contributed by atoms with Gasteiger partial charge in [0.05, 0.1) is 12.1 Å². The molecule has 3 nitrogen and oxygen atoms in total. The number of nitrogens with zero attached hydrogens (tertiary/aromatic N) is 1. The minimum absolute atomic E-state index is 0.182. The second kappa shape index (κ2) is 6.58. The first-order chi connectivity index (χ1) is 7.22. The van der Waals surface area contributed by atoms with Gasteiger partial charge < -0.3 is 15.3 Å². The van der Waals surface area contributed by atoms with E-state index >= 15 is 0 Å². The summed E-state index contributed by atoms with van der Waals surface area (Å²) in [4.78, 5) is 2.29. The number of hydrogen-bond acceptors (Lipinski definition) is 3. The number of hydrogen-bond donors (Lipinski definition) is 2.